The number of para-hydroxylation sites is 1. The van der Waals surface area contributed by atoms with E-state index in [4.69, 9.17) is 4.74 Å². The van der Waals surface area contributed by atoms with Crippen LogP contribution in [0.1, 0.15) is 27.7 Å². The van der Waals surface area contributed by atoms with Crippen molar-refractivity contribution >= 4 is 11.7 Å². The van der Waals surface area contributed by atoms with E-state index >= 15 is 0 Å². The molecule has 0 bridgehead atoms. The SMILES string of the molecule is O=C1O[C@@H](Nc2ccccc2C(F)(F)F)c2ccccc21. The molecule has 108 valence electrons. The van der Waals surface area contributed by atoms with Crippen LogP contribution < -0.4 is 5.32 Å². The smallest absolute Gasteiger partial charge is 0.418 e. The van der Waals surface area contributed by atoms with E-state index in [-0.39, 0.29) is 5.69 Å². The van der Waals surface area contributed by atoms with Crippen LogP contribution in [0.15, 0.2) is 48.5 Å². The fraction of sp³-hybridized carbons (Fsp3) is 0.133. The molecule has 6 heteroatoms. The number of carbonyl (C=O) groups is 1. The number of ether oxygens (including phenoxy) is 1. The molecule has 0 unspecified atom stereocenters. The molecule has 0 amide bonds. The summed E-state index contributed by atoms with van der Waals surface area (Å²) in [4.78, 5) is 11.7. The van der Waals surface area contributed by atoms with Crippen LogP contribution in [0.2, 0.25) is 0 Å². The number of halogens is 3. The molecular weight excluding hydrogens is 283 g/mol. The lowest BCUT2D eigenvalue weighted by molar-refractivity contribution is -0.137. The third kappa shape index (κ3) is 2.44. The fourth-order valence-electron chi connectivity index (χ4n) is 2.25. The molecular formula is C15H10F3NO2. The minimum atomic E-state index is -4.48. The molecule has 0 spiro atoms. The Bertz CT molecular complexity index is 697. The van der Waals surface area contributed by atoms with Gasteiger partial charge >= 0.3 is 12.1 Å². The van der Waals surface area contributed by atoms with Crippen LogP contribution in [0.3, 0.4) is 0 Å². The molecule has 0 saturated heterocycles. The molecule has 0 aliphatic carbocycles. The summed E-state index contributed by atoms with van der Waals surface area (Å²) < 4.78 is 43.9. The van der Waals surface area contributed by atoms with Gasteiger partial charge in [0.15, 0.2) is 0 Å². The minimum Gasteiger partial charge on any atom is -0.434 e. The van der Waals surface area contributed by atoms with Crippen molar-refractivity contribution in [1.29, 1.82) is 0 Å². The third-order valence-corrected chi connectivity index (χ3v) is 3.21. The summed E-state index contributed by atoms with van der Waals surface area (Å²) in [6.07, 6.45) is -5.40. The van der Waals surface area contributed by atoms with Crippen LogP contribution in [-0.2, 0) is 10.9 Å². The first kappa shape index (κ1) is 13.5. The zero-order valence-electron chi connectivity index (χ0n) is 10.6. The number of hydrogen-bond donors (Lipinski definition) is 1. The van der Waals surface area contributed by atoms with Gasteiger partial charge in [-0.05, 0) is 18.2 Å². The molecule has 21 heavy (non-hydrogen) atoms. The molecule has 2 aromatic rings. The van der Waals surface area contributed by atoms with E-state index in [0.717, 1.165) is 6.07 Å². The van der Waals surface area contributed by atoms with Crippen LogP contribution in [0.4, 0.5) is 18.9 Å². The van der Waals surface area contributed by atoms with Gasteiger partial charge < -0.3 is 10.1 Å². The number of anilines is 1. The quantitative estimate of drug-likeness (QED) is 0.851. The van der Waals surface area contributed by atoms with Gasteiger partial charge in [-0.25, -0.2) is 4.79 Å². The van der Waals surface area contributed by atoms with E-state index in [1.165, 1.54) is 18.2 Å². The van der Waals surface area contributed by atoms with Crippen molar-refractivity contribution in [2.75, 3.05) is 5.32 Å². The maximum absolute atomic E-state index is 12.9. The van der Waals surface area contributed by atoms with Crippen molar-refractivity contribution < 1.29 is 22.7 Å². The number of benzene rings is 2. The van der Waals surface area contributed by atoms with E-state index in [9.17, 15) is 18.0 Å². The van der Waals surface area contributed by atoms with Crippen molar-refractivity contribution in [3.05, 3.63) is 65.2 Å². The number of fused-ring (bicyclic) bond motifs is 1. The fourth-order valence-corrected chi connectivity index (χ4v) is 2.25. The molecule has 3 rings (SSSR count). The molecule has 0 saturated carbocycles. The number of carbonyl (C=O) groups excluding carboxylic acids is 1. The highest BCUT2D eigenvalue weighted by atomic mass is 19.4. The van der Waals surface area contributed by atoms with Gasteiger partial charge in [-0.2, -0.15) is 13.2 Å². The van der Waals surface area contributed by atoms with Crippen molar-refractivity contribution in [2.24, 2.45) is 0 Å². The van der Waals surface area contributed by atoms with E-state index in [0.29, 0.717) is 11.1 Å². The summed E-state index contributed by atoms with van der Waals surface area (Å²) in [6, 6.07) is 11.7. The highest BCUT2D eigenvalue weighted by Crippen LogP contribution is 2.38. The van der Waals surface area contributed by atoms with Gasteiger partial charge in [0.25, 0.3) is 0 Å². The summed E-state index contributed by atoms with van der Waals surface area (Å²) in [7, 11) is 0. The van der Waals surface area contributed by atoms with E-state index in [1.807, 2.05) is 0 Å². The number of rotatable bonds is 2. The van der Waals surface area contributed by atoms with Gasteiger partial charge in [0.1, 0.15) is 0 Å². The highest BCUT2D eigenvalue weighted by Gasteiger charge is 2.36. The summed E-state index contributed by atoms with van der Waals surface area (Å²) in [5, 5.41) is 2.64. The number of cyclic esters (lactones) is 1. The molecule has 1 aliphatic rings. The monoisotopic (exact) mass is 293 g/mol. The average molecular weight is 293 g/mol. The molecule has 0 fully saturated rings. The zero-order valence-corrected chi connectivity index (χ0v) is 10.6. The van der Waals surface area contributed by atoms with E-state index in [2.05, 4.69) is 5.32 Å². The average Bonchev–Trinajstić information content (AvgIpc) is 2.76. The Kier molecular flexibility index (Phi) is 3.08. The Hall–Kier alpha value is -2.50. The van der Waals surface area contributed by atoms with Gasteiger partial charge in [0.2, 0.25) is 6.23 Å². The van der Waals surface area contributed by atoms with Gasteiger partial charge in [-0.3, -0.25) is 0 Å². The Morgan fingerprint density at radius 3 is 2.43 bits per heavy atom. The van der Waals surface area contributed by atoms with Crippen molar-refractivity contribution in [1.82, 2.24) is 0 Å². The van der Waals surface area contributed by atoms with Gasteiger partial charge in [0, 0.05) is 11.3 Å². The maximum Gasteiger partial charge on any atom is 0.418 e. The summed E-state index contributed by atoms with van der Waals surface area (Å²) in [5.74, 6) is -0.549. The predicted molar refractivity (Wildman–Crippen MR) is 69.7 cm³/mol. The number of alkyl halides is 3. The standard InChI is InChI=1S/C15H10F3NO2/c16-15(17,18)11-7-3-4-8-12(11)19-13-9-5-1-2-6-10(9)14(20)21-13/h1-8,13,19H/t13-/m1/s1. The van der Waals surface area contributed by atoms with E-state index in [1.54, 1.807) is 24.3 Å². The van der Waals surface area contributed by atoms with Gasteiger partial charge in [0.05, 0.1) is 11.1 Å². The zero-order chi connectivity index (χ0) is 15.0. The van der Waals surface area contributed by atoms with Crippen molar-refractivity contribution in [3.63, 3.8) is 0 Å². The molecule has 1 atom stereocenters. The lowest BCUT2D eigenvalue weighted by Gasteiger charge is -2.18. The van der Waals surface area contributed by atoms with Crippen LogP contribution >= 0.6 is 0 Å². The molecule has 3 nitrogen and oxygen atoms in total. The second-order valence-electron chi connectivity index (χ2n) is 4.56. The Balaban J connectivity index is 1.95. The topological polar surface area (TPSA) is 38.3 Å². The summed E-state index contributed by atoms with van der Waals surface area (Å²) >= 11 is 0. The minimum absolute atomic E-state index is 0.125. The van der Waals surface area contributed by atoms with Crippen LogP contribution in [-0.4, -0.2) is 5.97 Å². The second-order valence-corrected chi connectivity index (χ2v) is 4.56. The number of nitrogens with one attached hydrogen (secondary N) is 1. The Labute approximate surface area is 118 Å². The second kappa shape index (κ2) is 4.80. The molecule has 0 radical (unpaired) electrons. The Morgan fingerprint density at radius 1 is 1.00 bits per heavy atom. The maximum atomic E-state index is 12.9. The Morgan fingerprint density at radius 2 is 1.67 bits per heavy atom. The summed E-state index contributed by atoms with van der Waals surface area (Å²) in [5.41, 5.74) is -0.0381. The van der Waals surface area contributed by atoms with Crippen LogP contribution in [0.25, 0.3) is 0 Å². The molecule has 1 N–H and O–H groups in total. The largest absolute Gasteiger partial charge is 0.434 e. The molecule has 1 aliphatic heterocycles. The first-order valence-electron chi connectivity index (χ1n) is 6.19. The van der Waals surface area contributed by atoms with Gasteiger partial charge in [-0.15, -0.1) is 0 Å². The molecule has 1 heterocycles. The number of hydrogen-bond acceptors (Lipinski definition) is 3. The predicted octanol–water partition coefficient (Wildman–Crippen LogP) is 3.99. The first-order chi connectivity index (χ1) is 9.97. The van der Waals surface area contributed by atoms with Gasteiger partial charge in [-0.1, -0.05) is 30.3 Å². The number of esters is 1. The normalized spacial score (nSPS) is 17.3. The molecule has 2 aromatic carbocycles. The highest BCUT2D eigenvalue weighted by molar-refractivity contribution is 5.94. The third-order valence-electron chi connectivity index (χ3n) is 3.21. The van der Waals surface area contributed by atoms with Crippen LogP contribution in [0, 0.1) is 0 Å². The molecule has 0 aromatic heterocycles. The summed E-state index contributed by atoms with van der Waals surface area (Å²) in [6.45, 7) is 0. The van der Waals surface area contributed by atoms with E-state index < -0.39 is 23.9 Å². The lowest BCUT2D eigenvalue weighted by atomic mass is 10.1. The van der Waals surface area contributed by atoms with Crippen molar-refractivity contribution in [2.45, 2.75) is 12.4 Å². The lowest BCUT2D eigenvalue weighted by Crippen LogP contribution is -2.15. The van der Waals surface area contributed by atoms with Crippen molar-refractivity contribution in [3.8, 4) is 0 Å². The van der Waals surface area contributed by atoms with Crippen LogP contribution in [0.5, 0.6) is 0 Å². The first-order valence-corrected chi connectivity index (χ1v) is 6.19.